The highest BCUT2D eigenvalue weighted by Gasteiger charge is 2.21. The van der Waals surface area contributed by atoms with Crippen molar-refractivity contribution in [3.8, 4) is 10.8 Å². The first kappa shape index (κ1) is 16.1. The van der Waals surface area contributed by atoms with Gasteiger partial charge in [-0.2, -0.15) is 4.98 Å². The van der Waals surface area contributed by atoms with E-state index in [-0.39, 0.29) is 11.2 Å². The summed E-state index contributed by atoms with van der Waals surface area (Å²) in [6.45, 7) is 9.90. The topological polar surface area (TPSA) is 90.7 Å². The molecule has 7 nitrogen and oxygen atoms in total. The van der Waals surface area contributed by atoms with E-state index in [9.17, 15) is 0 Å². The second-order valence-electron chi connectivity index (χ2n) is 5.43. The summed E-state index contributed by atoms with van der Waals surface area (Å²) in [5.41, 5.74) is 0.902. The summed E-state index contributed by atoms with van der Waals surface area (Å²) in [4.78, 5) is 9.68. The van der Waals surface area contributed by atoms with Gasteiger partial charge in [0, 0.05) is 5.92 Å². The number of hydrogen-bond donors (Lipinski definition) is 0. The minimum Gasteiger partial charge on any atom is -0.410 e. The Balaban J connectivity index is 1.74. The van der Waals surface area contributed by atoms with Crippen LogP contribution in [-0.2, 0) is 0 Å². The van der Waals surface area contributed by atoms with Crippen LogP contribution in [0.15, 0.2) is 14.2 Å². The molecule has 3 aromatic rings. The molecule has 3 rings (SSSR count). The third-order valence-corrected chi connectivity index (χ3v) is 5.09. The zero-order valence-corrected chi connectivity index (χ0v) is 15.2. The van der Waals surface area contributed by atoms with Crippen LogP contribution in [0.3, 0.4) is 0 Å². The first-order valence-electron chi connectivity index (χ1n) is 7.22. The van der Waals surface area contributed by atoms with Crippen molar-refractivity contribution in [2.24, 2.45) is 0 Å². The fraction of sp³-hybridized carbons (Fsp3) is 0.500. The Morgan fingerprint density at radius 2 is 1.87 bits per heavy atom. The lowest BCUT2D eigenvalue weighted by molar-refractivity contribution is 0.372. The Labute approximate surface area is 141 Å². The van der Waals surface area contributed by atoms with Gasteiger partial charge in [0.15, 0.2) is 5.82 Å². The third kappa shape index (κ3) is 3.45. The van der Waals surface area contributed by atoms with Crippen molar-refractivity contribution in [3.05, 3.63) is 22.4 Å². The maximum atomic E-state index is 5.73. The quantitative estimate of drug-likeness (QED) is 0.633. The minimum atomic E-state index is -0.0624. The fourth-order valence-corrected chi connectivity index (χ4v) is 3.48. The highest BCUT2D eigenvalue weighted by atomic mass is 32.2. The average Bonchev–Trinajstić information content (AvgIpc) is 3.18. The fourth-order valence-electron chi connectivity index (χ4n) is 1.93. The highest BCUT2D eigenvalue weighted by Crippen LogP contribution is 2.36. The van der Waals surface area contributed by atoms with E-state index < -0.39 is 0 Å². The summed E-state index contributed by atoms with van der Waals surface area (Å²) in [6.07, 6.45) is 0. The van der Waals surface area contributed by atoms with Gasteiger partial charge in [-0.1, -0.05) is 30.8 Å². The molecule has 0 saturated heterocycles. The first-order chi connectivity index (χ1) is 10.9. The largest absolute Gasteiger partial charge is 0.410 e. The molecular weight excluding hydrogens is 334 g/mol. The number of thiazole rings is 1. The number of hydrogen-bond acceptors (Lipinski definition) is 9. The molecule has 0 aliphatic carbocycles. The Bertz CT molecular complexity index is 808. The van der Waals surface area contributed by atoms with Gasteiger partial charge in [0.25, 0.3) is 11.1 Å². The lowest BCUT2D eigenvalue weighted by Crippen LogP contribution is -1.92. The van der Waals surface area contributed by atoms with Crippen molar-refractivity contribution in [2.45, 2.75) is 51.0 Å². The van der Waals surface area contributed by atoms with Crippen molar-refractivity contribution in [1.82, 2.24) is 25.3 Å². The molecule has 0 unspecified atom stereocenters. The van der Waals surface area contributed by atoms with Crippen LogP contribution in [0.4, 0.5) is 0 Å². The number of thioether (sulfide) groups is 1. The Morgan fingerprint density at radius 1 is 1.09 bits per heavy atom. The number of rotatable bonds is 5. The van der Waals surface area contributed by atoms with E-state index in [1.807, 2.05) is 34.6 Å². The van der Waals surface area contributed by atoms with E-state index >= 15 is 0 Å². The molecule has 0 spiro atoms. The van der Waals surface area contributed by atoms with Gasteiger partial charge >= 0.3 is 0 Å². The van der Waals surface area contributed by atoms with Crippen LogP contribution >= 0.6 is 23.1 Å². The molecule has 23 heavy (non-hydrogen) atoms. The summed E-state index contributed by atoms with van der Waals surface area (Å²) < 4.78 is 11.0. The zero-order valence-electron chi connectivity index (χ0n) is 13.5. The molecular formula is C14H17N5O2S2. The lowest BCUT2D eigenvalue weighted by Gasteiger charge is -2.01. The van der Waals surface area contributed by atoms with Gasteiger partial charge < -0.3 is 8.94 Å². The van der Waals surface area contributed by atoms with Gasteiger partial charge in [0.2, 0.25) is 5.89 Å². The van der Waals surface area contributed by atoms with E-state index in [2.05, 4.69) is 25.3 Å². The lowest BCUT2D eigenvalue weighted by atomic mass is 10.2. The number of aryl methyl sites for hydroxylation is 2. The number of nitrogens with zero attached hydrogens (tertiary/aromatic N) is 5. The van der Waals surface area contributed by atoms with Crippen molar-refractivity contribution in [2.75, 3.05) is 0 Å². The van der Waals surface area contributed by atoms with Crippen molar-refractivity contribution in [3.63, 3.8) is 0 Å². The molecule has 122 valence electrons. The van der Waals surface area contributed by atoms with Gasteiger partial charge in [-0.3, -0.25) is 0 Å². The van der Waals surface area contributed by atoms with E-state index in [1.54, 1.807) is 11.3 Å². The second kappa shape index (κ2) is 6.40. The van der Waals surface area contributed by atoms with Gasteiger partial charge in [-0.25, -0.2) is 4.98 Å². The van der Waals surface area contributed by atoms with Crippen LogP contribution in [0.2, 0.25) is 0 Å². The van der Waals surface area contributed by atoms with Gasteiger partial charge in [-0.15, -0.1) is 21.5 Å². The van der Waals surface area contributed by atoms with Crippen LogP contribution < -0.4 is 0 Å². The van der Waals surface area contributed by atoms with Crippen molar-refractivity contribution in [1.29, 1.82) is 0 Å². The third-order valence-electron chi connectivity index (χ3n) is 3.10. The monoisotopic (exact) mass is 351 g/mol. The van der Waals surface area contributed by atoms with Crippen LogP contribution in [0.25, 0.3) is 10.8 Å². The molecule has 0 radical (unpaired) electrons. The van der Waals surface area contributed by atoms with E-state index in [0.29, 0.717) is 22.8 Å². The van der Waals surface area contributed by atoms with Gasteiger partial charge in [-0.05, 0) is 20.8 Å². The maximum Gasteiger partial charge on any atom is 0.277 e. The normalized spacial score (nSPS) is 13.0. The minimum absolute atomic E-state index is 0.0624. The van der Waals surface area contributed by atoms with Gasteiger partial charge in [0.05, 0.1) is 16.0 Å². The number of aromatic nitrogens is 5. The molecule has 3 aromatic heterocycles. The molecule has 9 heteroatoms. The molecule has 0 saturated carbocycles. The van der Waals surface area contributed by atoms with Crippen molar-refractivity contribution < 1.29 is 8.94 Å². The summed E-state index contributed by atoms with van der Waals surface area (Å²) in [6, 6.07) is 0. The van der Waals surface area contributed by atoms with Crippen LogP contribution in [0.5, 0.6) is 0 Å². The predicted molar refractivity (Wildman–Crippen MR) is 87.5 cm³/mol. The molecule has 0 N–H and O–H groups in total. The Morgan fingerprint density at radius 3 is 2.48 bits per heavy atom. The molecule has 1 atom stereocenters. The standard InChI is InChI=1S/C14H17N5O2S2/c1-6(2)11-16-12(21-19-11)8(4)22-14-18-17-13(20-14)10-7(3)15-9(5)23-10/h6,8H,1-5H3/t8-/m0/s1. The van der Waals surface area contributed by atoms with E-state index in [4.69, 9.17) is 8.94 Å². The second-order valence-corrected chi connectivity index (χ2v) is 7.92. The summed E-state index contributed by atoms with van der Waals surface area (Å²) in [7, 11) is 0. The maximum absolute atomic E-state index is 5.73. The first-order valence-corrected chi connectivity index (χ1v) is 8.91. The SMILES string of the molecule is Cc1nc(C)c(-c2nnc(S[C@@H](C)c3nc(C(C)C)no3)o2)s1. The molecule has 0 bridgehead atoms. The summed E-state index contributed by atoms with van der Waals surface area (Å²) >= 11 is 2.94. The Hall–Kier alpha value is -1.74. The van der Waals surface area contributed by atoms with Gasteiger partial charge in [0.1, 0.15) is 4.88 Å². The molecule has 0 fully saturated rings. The van der Waals surface area contributed by atoms with E-state index in [1.165, 1.54) is 11.8 Å². The summed E-state index contributed by atoms with van der Waals surface area (Å²) in [5, 5.41) is 13.6. The molecule has 0 amide bonds. The molecule has 0 aliphatic heterocycles. The highest BCUT2D eigenvalue weighted by molar-refractivity contribution is 7.99. The smallest absolute Gasteiger partial charge is 0.277 e. The van der Waals surface area contributed by atoms with E-state index in [0.717, 1.165) is 15.6 Å². The molecule has 3 heterocycles. The van der Waals surface area contributed by atoms with Crippen LogP contribution in [0, 0.1) is 13.8 Å². The van der Waals surface area contributed by atoms with Crippen LogP contribution in [0.1, 0.15) is 54.4 Å². The molecule has 0 aliphatic rings. The summed E-state index contributed by atoms with van der Waals surface area (Å²) in [5.74, 6) is 1.99. The van der Waals surface area contributed by atoms with Crippen LogP contribution in [-0.4, -0.2) is 25.3 Å². The predicted octanol–water partition coefficient (Wildman–Crippen LogP) is 4.17. The average molecular weight is 351 g/mol. The zero-order chi connectivity index (χ0) is 16.6. The Kier molecular flexibility index (Phi) is 4.49. The van der Waals surface area contributed by atoms with Crippen molar-refractivity contribution >= 4 is 23.1 Å². The molecule has 0 aromatic carbocycles.